The fourth-order valence-electron chi connectivity index (χ4n) is 2.36. The van der Waals surface area contributed by atoms with Crippen molar-refractivity contribution in [3.63, 3.8) is 0 Å². The van der Waals surface area contributed by atoms with Crippen molar-refractivity contribution in [2.24, 2.45) is 0 Å². The van der Waals surface area contributed by atoms with E-state index in [2.05, 4.69) is 22.4 Å². The van der Waals surface area contributed by atoms with Crippen molar-refractivity contribution >= 4 is 0 Å². The molecule has 0 aliphatic heterocycles. The molecule has 0 spiro atoms. The maximum absolute atomic E-state index is 4.94. The minimum Gasteiger partial charge on any atom is -0.340 e. The summed E-state index contributed by atoms with van der Waals surface area (Å²) in [6, 6.07) is 0. The van der Waals surface area contributed by atoms with Gasteiger partial charge in [0.25, 0.3) is 0 Å². The minimum atomic E-state index is 0.723. The highest BCUT2D eigenvalue weighted by Crippen LogP contribution is 2.10. The second-order valence-corrected chi connectivity index (χ2v) is 5.52. The van der Waals surface area contributed by atoms with Gasteiger partial charge in [-0.3, -0.25) is 0 Å². The normalized spacial score (nSPS) is 11.1. The number of unbranched alkanes of at least 4 members (excludes halogenated alkanes) is 9. The number of nitrogens with zero attached hydrogens (tertiary/aromatic N) is 2. The lowest BCUT2D eigenvalue weighted by Crippen LogP contribution is -2.18. The molecular weight excluding hydrogens is 250 g/mol. The topological polar surface area (TPSA) is 51.0 Å². The first-order chi connectivity index (χ1) is 9.93. The van der Waals surface area contributed by atoms with Gasteiger partial charge in [0.05, 0.1) is 0 Å². The quantitative estimate of drug-likeness (QED) is 0.521. The van der Waals surface area contributed by atoms with Crippen molar-refractivity contribution in [2.45, 2.75) is 77.6 Å². The molecule has 0 aliphatic rings. The average Bonchev–Trinajstić information content (AvgIpc) is 2.97. The van der Waals surface area contributed by atoms with Gasteiger partial charge in [0.1, 0.15) is 0 Å². The Bertz CT molecular complexity index is 288. The molecule has 0 bridgehead atoms. The predicted molar refractivity (Wildman–Crippen MR) is 82.7 cm³/mol. The van der Waals surface area contributed by atoms with Crippen molar-refractivity contribution in [2.75, 3.05) is 13.1 Å². The Labute approximate surface area is 123 Å². The van der Waals surface area contributed by atoms with Crippen LogP contribution in [0, 0.1) is 0 Å². The van der Waals surface area contributed by atoms with Crippen LogP contribution in [0.25, 0.3) is 0 Å². The zero-order valence-electron chi connectivity index (χ0n) is 13.1. The molecule has 0 atom stereocenters. The van der Waals surface area contributed by atoms with Gasteiger partial charge in [-0.25, -0.2) is 0 Å². The summed E-state index contributed by atoms with van der Waals surface area (Å²) in [6.45, 7) is 4.31. The van der Waals surface area contributed by atoms with E-state index >= 15 is 0 Å². The van der Waals surface area contributed by atoms with Crippen LogP contribution in [0.1, 0.15) is 77.0 Å². The second-order valence-electron chi connectivity index (χ2n) is 5.52. The molecule has 20 heavy (non-hydrogen) atoms. The molecule has 0 saturated carbocycles. The summed E-state index contributed by atoms with van der Waals surface area (Å²) in [6.07, 6.45) is 16.2. The number of rotatable bonds is 14. The number of hydrogen-bond donors (Lipinski definition) is 1. The van der Waals surface area contributed by atoms with E-state index in [-0.39, 0.29) is 0 Å². The van der Waals surface area contributed by atoms with Gasteiger partial charge in [0, 0.05) is 13.0 Å². The summed E-state index contributed by atoms with van der Waals surface area (Å²) in [5, 5.41) is 7.01. The molecule has 4 nitrogen and oxygen atoms in total. The van der Waals surface area contributed by atoms with Crippen molar-refractivity contribution in [3.8, 4) is 0 Å². The largest absolute Gasteiger partial charge is 0.340 e. The highest BCUT2D eigenvalue weighted by Gasteiger charge is 1.97. The summed E-state index contributed by atoms with van der Waals surface area (Å²) in [5.74, 6) is 0.723. The Morgan fingerprint density at radius 3 is 2.15 bits per heavy atom. The van der Waals surface area contributed by atoms with Crippen LogP contribution in [0.2, 0.25) is 0 Å². The molecule has 1 N–H and O–H groups in total. The van der Waals surface area contributed by atoms with Crippen molar-refractivity contribution in [3.05, 3.63) is 12.2 Å². The summed E-state index contributed by atoms with van der Waals surface area (Å²) in [7, 11) is 0. The van der Waals surface area contributed by atoms with Crippen LogP contribution in [0.3, 0.4) is 0 Å². The van der Waals surface area contributed by atoms with Crippen LogP contribution in [-0.4, -0.2) is 23.2 Å². The molecule has 0 fully saturated rings. The SMILES string of the molecule is CCCCCCCCCCCCNCCc1ncno1. The molecule has 0 saturated heterocycles. The third kappa shape index (κ3) is 9.96. The van der Waals surface area contributed by atoms with Gasteiger partial charge in [-0.05, 0) is 13.0 Å². The lowest BCUT2D eigenvalue weighted by atomic mass is 10.1. The summed E-state index contributed by atoms with van der Waals surface area (Å²) in [4.78, 5) is 3.99. The Balaban J connectivity index is 1.70. The van der Waals surface area contributed by atoms with E-state index in [1.54, 1.807) is 0 Å². The van der Waals surface area contributed by atoms with Crippen LogP contribution in [0.4, 0.5) is 0 Å². The summed E-state index contributed by atoms with van der Waals surface area (Å²) < 4.78 is 4.94. The average molecular weight is 281 g/mol. The zero-order valence-corrected chi connectivity index (χ0v) is 13.1. The van der Waals surface area contributed by atoms with Crippen LogP contribution >= 0.6 is 0 Å². The number of aromatic nitrogens is 2. The number of hydrogen-bond acceptors (Lipinski definition) is 4. The van der Waals surface area contributed by atoms with Crippen molar-refractivity contribution in [1.29, 1.82) is 0 Å². The molecule has 116 valence electrons. The van der Waals surface area contributed by atoms with Gasteiger partial charge in [-0.2, -0.15) is 4.98 Å². The monoisotopic (exact) mass is 281 g/mol. The Morgan fingerprint density at radius 1 is 0.900 bits per heavy atom. The van der Waals surface area contributed by atoms with E-state index in [0.29, 0.717) is 0 Å². The molecular formula is C16H31N3O. The lowest BCUT2D eigenvalue weighted by molar-refractivity contribution is 0.374. The highest BCUT2D eigenvalue weighted by molar-refractivity contribution is 4.74. The second kappa shape index (κ2) is 13.1. The zero-order chi connectivity index (χ0) is 14.3. The van der Waals surface area contributed by atoms with Crippen LogP contribution < -0.4 is 5.32 Å². The summed E-state index contributed by atoms with van der Waals surface area (Å²) >= 11 is 0. The maximum atomic E-state index is 4.94. The molecule has 0 radical (unpaired) electrons. The minimum absolute atomic E-state index is 0.723. The summed E-state index contributed by atoms with van der Waals surface area (Å²) in [5.41, 5.74) is 0. The van der Waals surface area contributed by atoms with E-state index in [1.165, 1.54) is 70.5 Å². The van der Waals surface area contributed by atoms with Crippen molar-refractivity contribution < 1.29 is 4.52 Å². The van der Waals surface area contributed by atoms with Crippen LogP contribution in [0.15, 0.2) is 10.9 Å². The first-order valence-corrected chi connectivity index (χ1v) is 8.39. The first kappa shape index (κ1) is 17.2. The fraction of sp³-hybridized carbons (Fsp3) is 0.875. The van der Waals surface area contributed by atoms with Gasteiger partial charge in [-0.1, -0.05) is 69.9 Å². The van der Waals surface area contributed by atoms with E-state index in [1.807, 2.05) is 0 Å². The predicted octanol–water partition coefficient (Wildman–Crippen LogP) is 4.12. The van der Waals surface area contributed by atoms with Gasteiger partial charge in [-0.15, -0.1) is 0 Å². The molecule has 4 heteroatoms. The molecule has 1 aromatic heterocycles. The molecule has 0 aromatic carbocycles. The fourth-order valence-corrected chi connectivity index (χ4v) is 2.36. The van der Waals surface area contributed by atoms with Gasteiger partial charge in [0.2, 0.25) is 5.89 Å². The molecule has 0 aliphatic carbocycles. The van der Waals surface area contributed by atoms with E-state index < -0.39 is 0 Å². The first-order valence-electron chi connectivity index (χ1n) is 8.39. The molecule has 0 unspecified atom stereocenters. The van der Waals surface area contributed by atoms with E-state index in [4.69, 9.17) is 4.52 Å². The van der Waals surface area contributed by atoms with Crippen LogP contribution in [-0.2, 0) is 6.42 Å². The van der Waals surface area contributed by atoms with Gasteiger partial charge in [0.15, 0.2) is 6.33 Å². The number of nitrogens with one attached hydrogen (secondary N) is 1. The Kier molecular flexibility index (Phi) is 11.2. The van der Waals surface area contributed by atoms with Crippen molar-refractivity contribution in [1.82, 2.24) is 15.5 Å². The van der Waals surface area contributed by atoms with Gasteiger partial charge < -0.3 is 9.84 Å². The smallest absolute Gasteiger partial charge is 0.227 e. The third-order valence-electron chi connectivity index (χ3n) is 3.63. The molecule has 1 rings (SSSR count). The van der Waals surface area contributed by atoms with E-state index in [0.717, 1.165) is 25.4 Å². The Morgan fingerprint density at radius 2 is 1.55 bits per heavy atom. The lowest BCUT2D eigenvalue weighted by Gasteiger charge is -2.03. The molecule has 1 heterocycles. The van der Waals surface area contributed by atoms with Gasteiger partial charge >= 0.3 is 0 Å². The van der Waals surface area contributed by atoms with Crippen LogP contribution in [0.5, 0.6) is 0 Å². The van der Waals surface area contributed by atoms with E-state index in [9.17, 15) is 0 Å². The standard InChI is InChI=1S/C16H31N3O/c1-2-3-4-5-6-7-8-9-10-11-13-17-14-12-16-18-15-19-20-16/h15,17H,2-14H2,1H3. The Hall–Kier alpha value is -0.900. The third-order valence-corrected chi connectivity index (χ3v) is 3.63. The highest BCUT2D eigenvalue weighted by atomic mass is 16.5. The molecule has 0 amide bonds. The molecule has 1 aromatic rings. The maximum Gasteiger partial charge on any atom is 0.227 e.